The second-order valence-corrected chi connectivity index (χ2v) is 4.49. The molecule has 1 amide bonds. The smallest absolute Gasteiger partial charge is 0.239 e. The van der Waals surface area contributed by atoms with Gasteiger partial charge in [0.1, 0.15) is 0 Å². The van der Waals surface area contributed by atoms with Crippen LogP contribution in [0.1, 0.15) is 25.3 Å². The topological polar surface area (TPSA) is 45.2 Å². The van der Waals surface area contributed by atoms with Crippen LogP contribution >= 0.6 is 0 Å². The van der Waals surface area contributed by atoms with Gasteiger partial charge in [-0.15, -0.1) is 0 Å². The van der Waals surface area contributed by atoms with Crippen molar-refractivity contribution in [3.8, 4) is 0 Å². The average Bonchev–Trinajstić information content (AvgIpc) is 2.90. The molecule has 92 valence electrons. The highest BCUT2D eigenvalue weighted by molar-refractivity contribution is 5.81. The Bertz CT molecular complexity index is 360. The Kier molecular flexibility index (Phi) is 4.09. The predicted octanol–water partition coefficient (Wildman–Crippen LogP) is 1.18. The number of nitrogens with one attached hydrogen (secondary N) is 1. The Morgan fingerprint density at radius 1 is 1.41 bits per heavy atom. The second kappa shape index (κ2) is 5.77. The van der Waals surface area contributed by atoms with E-state index in [0.29, 0.717) is 6.54 Å². The fourth-order valence-electron chi connectivity index (χ4n) is 2.07. The number of hydrogen-bond donors (Lipinski definition) is 1. The molecule has 2 heterocycles. The maximum Gasteiger partial charge on any atom is 0.239 e. The molecule has 1 unspecified atom stereocenters. The molecule has 1 aromatic rings. The summed E-state index contributed by atoms with van der Waals surface area (Å²) in [5, 5.41) is 3.26. The molecule has 4 heteroatoms. The molecule has 1 aliphatic heterocycles. The largest absolute Gasteiger partial charge is 0.341 e. The first-order valence-corrected chi connectivity index (χ1v) is 6.18. The zero-order valence-corrected chi connectivity index (χ0v) is 10.2. The van der Waals surface area contributed by atoms with E-state index in [4.69, 9.17) is 0 Å². The molecule has 1 atom stereocenters. The van der Waals surface area contributed by atoms with Crippen LogP contribution in [0.3, 0.4) is 0 Å². The Balaban J connectivity index is 1.80. The van der Waals surface area contributed by atoms with Gasteiger partial charge < -0.3 is 10.2 Å². The monoisotopic (exact) mass is 233 g/mol. The Hall–Kier alpha value is -1.42. The lowest BCUT2D eigenvalue weighted by atomic mass is 10.2. The SMILES string of the molecule is CC(NCc1ccncc1)C(=O)N1CCCC1. The van der Waals surface area contributed by atoms with Crippen molar-refractivity contribution >= 4 is 5.91 Å². The zero-order chi connectivity index (χ0) is 12.1. The Morgan fingerprint density at radius 2 is 2.06 bits per heavy atom. The summed E-state index contributed by atoms with van der Waals surface area (Å²) in [6.07, 6.45) is 5.82. The Labute approximate surface area is 102 Å². The summed E-state index contributed by atoms with van der Waals surface area (Å²) in [5.41, 5.74) is 1.15. The van der Waals surface area contributed by atoms with Crippen molar-refractivity contribution in [3.63, 3.8) is 0 Å². The number of rotatable bonds is 4. The van der Waals surface area contributed by atoms with Crippen molar-refractivity contribution in [2.75, 3.05) is 13.1 Å². The number of amides is 1. The van der Waals surface area contributed by atoms with E-state index in [1.807, 2.05) is 24.0 Å². The highest BCUT2D eigenvalue weighted by Crippen LogP contribution is 2.09. The van der Waals surface area contributed by atoms with E-state index in [9.17, 15) is 4.79 Å². The summed E-state index contributed by atoms with van der Waals surface area (Å²) in [4.78, 5) is 17.9. The first-order chi connectivity index (χ1) is 8.27. The van der Waals surface area contributed by atoms with Crippen LogP contribution in [0.5, 0.6) is 0 Å². The van der Waals surface area contributed by atoms with Gasteiger partial charge in [0.25, 0.3) is 0 Å². The number of carbonyl (C=O) groups is 1. The number of nitrogens with zero attached hydrogens (tertiary/aromatic N) is 2. The van der Waals surface area contributed by atoms with E-state index in [1.165, 1.54) is 0 Å². The number of pyridine rings is 1. The lowest BCUT2D eigenvalue weighted by Gasteiger charge is -2.21. The summed E-state index contributed by atoms with van der Waals surface area (Å²) < 4.78 is 0. The molecule has 0 bridgehead atoms. The molecule has 17 heavy (non-hydrogen) atoms. The van der Waals surface area contributed by atoms with Crippen LogP contribution in [0.2, 0.25) is 0 Å². The summed E-state index contributed by atoms with van der Waals surface area (Å²) in [5.74, 6) is 0.219. The van der Waals surface area contributed by atoms with Crippen LogP contribution < -0.4 is 5.32 Å². The van der Waals surface area contributed by atoms with Gasteiger partial charge in [0.2, 0.25) is 5.91 Å². The minimum absolute atomic E-state index is 0.110. The van der Waals surface area contributed by atoms with E-state index in [2.05, 4.69) is 10.3 Å². The molecule has 4 nitrogen and oxygen atoms in total. The Morgan fingerprint density at radius 3 is 2.71 bits per heavy atom. The van der Waals surface area contributed by atoms with E-state index in [0.717, 1.165) is 31.5 Å². The van der Waals surface area contributed by atoms with E-state index < -0.39 is 0 Å². The lowest BCUT2D eigenvalue weighted by molar-refractivity contribution is -0.131. The standard InChI is InChI=1S/C13H19N3O/c1-11(13(17)16-8-2-3-9-16)15-10-12-4-6-14-7-5-12/h4-7,11,15H,2-3,8-10H2,1H3. The number of carbonyl (C=O) groups excluding carboxylic acids is 1. The van der Waals surface area contributed by atoms with Crippen LogP contribution in [0.25, 0.3) is 0 Å². The molecule has 2 rings (SSSR count). The van der Waals surface area contributed by atoms with Gasteiger partial charge in [-0.25, -0.2) is 0 Å². The van der Waals surface area contributed by atoms with Gasteiger partial charge in [-0.05, 0) is 37.5 Å². The van der Waals surface area contributed by atoms with Gasteiger partial charge >= 0.3 is 0 Å². The van der Waals surface area contributed by atoms with Crippen LogP contribution in [-0.2, 0) is 11.3 Å². The minimum atomic E-state index is -0.110. The van der Waals surface area contributed by atoms with E-state index in [-0.39, 0.29) is 11.9 Å². The van der Waals surface area contributed by atoms with Crippen LogP contribution in [0.15, 0.2) is 24.5 Å². The van der Waals surface area contributed by atoms with Crippen molar-refractivity contribution in [1.29, 1.82) is 0 Å². The highest BCUT2D eigenvalue weighted by Gasteiger charge is 2.22. The molecule has 0 aromatic carbocycles. The third kappa shape index (κ3) is 3.27. The number of likely N-dealkylation sites (tertiary alicyclic amines) is 1. The molecular formula is C13H19N3O. The molecule has 1 aromatic heterocycles. The summed E-state index contributed by atoms with van der Waals surface area (Å²) in [6, 6.07) is 3.81. The van der Waals surface area contributed by atoms with Gasteiger partial charge in [0.15, 0.2) is 0 Å². The zero-order valence-electron chi connectivity index (χ0n) is 10.2. The lowest BCUT2D eigenvalue weighted by Crippen LogP contribution is -2.43. The van der Waals surface area contributed by atoms with Gasteiger partial charge in [-0.1, -0.05) is 0 Å². The highest BCUT2D eigenvalue weighted by atomic mass is 16.2. The van der Waals surface area contributed by atoms with Crippen molar-refractivity contribution in [2.24, 2.45) is 0 Å². The summed E-state index contributed by atoms with van der Waals surface area (Å²) >= 11 is 0. The number of aromatic nitrogens is 1. The van der Waals surface area contributed by atoms with E-state index in [1.54, 1.807) is 12.4 Å². The normalized spacial score (nSPS) is 17.1. The van der Waals surface area contributed by atoms with Gasteiger partial charge in [-0.3, -0.25) is 9.78 Å². The van der Waals surface area contributed by atoms with Gasteiger partial charge in [-0.2, -0.15) is 0 Å². The third-order valence-corrected chi connectivity index (χ3v) is 3.15. The van der Waals surface area contributed by atoms with Gasteiger partial charge in [0, 0.05) is 32.0 Å². The maximum absolute atomic E-state index is 12.0. The quantitative estimate of drug-likeness (QED) is 0.849. The molecule has 0 saturated carbocycles. The average molecular weight is 233 g/mol. The molecule has 1 aliphatic rings. The van der Waals surface area contributed by atoms with E-state index >= 15 is 0 Å². The molecule has 1 fully saturated rings. The third-order valence-electron chi connectivity index (χ3n) is 3.15. The van der Waals surface area contributed by atoms with Crippen LogP contribution in [0, 0.1) is 0 Å². The van der Waals surface area contributed by atoms with Crippen LogP contribution in [-0.4, -0.2) is 34.9 Å². The molecule has 0 aliphatic carbocycles. The fraction of sp³-hybridized carbons (Fsp3) is 0.538. The van der Waals surface area contributed by atoms with Crippen molar-refractivity contribution in [3.05, 3.63) is 30.1 Å². The fourth-order valence-corrected chi connectivity index (χ4v) is 2.07. The summed E-state index contributed by atoms with van der Waals surface area (Å²) in [7, 11) is 0. The number of hydrogen-bond acceptors (Lipinski definition) is 3. The second-order valence-electron chi connectivity index (χ2n) is 4.49. The van der Waals surface area contributed by atoms with Crippen molar-refractivity contribution in [2.45, 2.75) is 32.4 Å². The van der Waals surface area contributed by atoms with Crippen molar-refractivity contribution < 1.29 is 4.79 Å². The minimum Gasteiger partial charge on any atom is -0.341 e. The van der Waals surface area contributed by atoms with Crippen LogP contribution in [0.4, 0.5) is 0 Å². The molecule has 0 spiro atoms. The molecule has 0 radical (unpaired) electrons. The summed E-state index contributed by atoms with van der Waals surface area (Å²) in [6.45, 7) is 4.48. The first kappa shape index (κ1) is 12.0. The first-order valence-electron chi connectivity index (χ1n) is 6.18. The van der Waals surface area contributed by atoms with Crippen molar-refractivity contribution in [1.82, 2.24) is 15.2 Å². The molecule has 1 N–H and O–H groups in total. The molecule has 1 saturated heterocycles. The molecular weight excluding hydrogens is 214 g/mol. The van der Waals surface area contributed by atoms with Gasteiger partial charge in [0.05, 0.1) is 6.04 Å². The maximum atomic E-state index is 12.0. The predicted molar refractivity (Wildman–Crippen MR) is 66.4 cm³/mol.